The SMILES string of the molecule is O=C(NC1CCN2CCCC2C1)c1cc(O)ccc1O. The maximum atomic E-state index is 12.2. The van der Waals surface area contributed by atoms with Crippen molar-refractivity contribution in [3.05, 3.63) is 23.8 Å². The zero-order valence-corrected chi connectivity index (χ0v) is 11.4. The maximum absolute atomic E-state index is 12.2. The molecule has 5 heteroatoms. The van der Waals surface area contributed by atoms with Gasteiger partial charge in [-0.15, -0.1) is 0 Å². The van der Waals surface area contributed by atoms with Crippen molar-refractivity contribution in [3.63, 3.8) is 0 Å². The van der Waals surface area contributed by atoms with E-state index in [9.17, 15) is 15.0 Å². The number of hydrogen-bond donors (Lipinski definition) is 3. The van der Waals surface area contributed by atoms with Gasteiger partial charge in [0, 0.05) is 18.6 Å². The number of amides is 1. The Kier molecular flexibility index (Phi) is 3.53. The van der Waals surface area contributed by atoms with E-state index in [1.165, 1.54) is 37.6 Å². The number of nitrogens with one attached hydrogen (secondary N) is 1. The molecular formula is C15H20N2O3. The molecule has 3 rings (SSSR count). The summed E-state index contributed by atoms with van der Waals surface area (Å²) in [7, 11) is 0. The summed E-state index contributed by atoms with van der Waals surface area (Å²) in [5.41, 5.74) is 0.138. The van der Waals surface area contributed by atoms with Crippen LogP contribution in [0.2, 0.25) is 0 Å². The van der Waals surface area contributed by atoms with Gasteiger partial charge in [0.2, 0.25) is 0 Å². The Morgan fingerprint density at radius 1 is 1.25 bits per heavy atom. The van der Waals surface area contributed by atoms with Crippen LogP contribution >= 0.6 is 0 Å². The summed E-state index contributed by atoms with van der Waals surface area (Å²) >= 11 is 0. The fourth-order valence-electron chi connectivity index (χ4n) is 3.32. The lowest BCUT2D eigenvalue weighted by atomic mass is 9.97. The number of phenols is 2. The molecule has 20 heavy (non-hydrogen) atoms. The normalized spacial score (nSPS) is 26.2. The number of hydrogen-bond acceptors (Lipinski definition) is 4. The largest absolute Gasteiger partial charge is 0.508 e. The molecule has 0 bridgehead atoms. The Balaban J connectivity index is 1.65. The summed E-state index contributed by atoms with van der Waals surface area (Å²) in [6.45, 7) is 2.21. The molecule has 1 aromatic rings. The number of rotatable bonds is 2. The van der Waals surface area contributed by atoms with Gasteiger partial charge < -0.3 is 20.4 Å². The number of nitrogens with zero attached hydrogens (tertiary/aromatic N) is 1. The molecule has 1 aromatic carbocycles. The third kappa shape index (κ3) is 2.58. The monoisotopic (exact) mass is 276 g/mol. The topological polar surface area (TPSA) is 72.8 Å². The van der Waals surface area contributed by atoms with Crippen LogP contribution in [0.15, 0.2) is 18.2 Å². The van der Waals surface area contributed by atoms with E-state index in [1.807, 2.05) is 0 Å². The molecule has 0 spiro atoms. The van der Waals surface area contributed by atoms with Crippen molar-refractivity contribution in [3.8, 4) is 11.5 Å². The standard InChI is InChI=1S/C15H20N2O3/c18-12-3-4-14(19)13(9-12)15(20)16-10-5-7-17-6-1-2-11(17)8-10/h3-4,9-11,18-19H,1-2,5-8H2,(H,16,20). The molecule has 5 nitrogen and oxygen atoms in total. The van der Waals surface area contributed by atoms with Crippen molar-refractivity contribution in [1.29, 1.82) is 0 Å². The van der Waals surface area contributed by atoms with E-state index in [2.05, 4.69) is 10.2 Å². The van der Waals surface area contributed by atoms with Gasteiger partial charge in [-0.1, -0.05) is 0 Å². The van der Waals surface area contributed by atoms with Gasteiger partial charge in [-0.2, -0.15) is 0 Å². The van der Waals surface area contributed by atoms with Crippen LogP contribution in [0.4, 0.5) is 0 Å². The van der Waals surface area contributed by atoms with Crippen LogP contribution in [0.25, 0.3) is 0 Å². The van der Waals surface area contributed by atoms with Gasteiger partial charge >= 0.3 is 0 Å². The van der Waals surface area contributed by atoms with Gasteiger partial charge in [0.15, 0.2) is 0 Å². The highest BCUT2D eigenvalue weighted by Gasteiger charge is 2.32. The Morgan fingerprint density at radius 3 is 2.95 bits per heavy atom. The van der Waals surface area contributed by atoms with E-state index in [0.29, 0.717) is 6.04 Å². The lowest BCUT2D eigenvalue weighted by molar-refractivity contribution is 0.0893. The first-order chi connectivity index (χ1) is 9.63. The number of carbonyl (C=O) groups is 1. The molecular weight excluding hydrogens is 256 g/mol. The van der Waals surface area contributed by atoms with Crippen LogP contribution in [0, 0.1) is 0 Å². The number of fused-ring (bicyclic) bond motifs is 1. The van der Waals surface area contributed by atoms with Gasteiger partial charge in [0.05, 0.1) is 5.56 Å². The molecule has 0 aliphatic carbocycles. The van der Waals surface area contributed by atoms with E-state index in [-0.39, 0.29) is 29.0 Å². The molecule has 0 aromatic heterocycles. The van der Waals surface area contributed by atoms with Crippen LogP contribution in [0.1, 0.15) is 36.0 Å². The second-order valence-corrected chi connectivity index (χ2v) is 5.73. The van der Waals surface area contributed by atoms with Crippen LogP contribution in [-0.2, 0) is 0 Å². The molecule has 2 saturated heterocycles. The second-order valence-electron chi connectivity index (χ2n) is 5.73. The lowest BCUT2D eigenvalue weighted by Crippen LogP contribution is -2.47. The molecule has 2 heterocycles. The first-order valence-electron chi connectivity index (χ1n) is 7.20. The molecule has 0 saturated carbocycles. The van der Waals surface area contributed by atoms with Crippen LogP contribution in [-0.4, -0.2) is 46.2 Å². The number of benzene rings is 1. The first-order valence-corrected chi connectivity index (χ1v) is 7.20. The summed E-state index contributed by atoms with van der Waals surface area (Å²) in [4.78, 5) is 14.7. The van der Waals surface area contributed by atoms with Crippen molar-refractivity contribution in [1.82, 2.24) is 10.2 Å². The molecule has 3 N–H and O–H groups in total. The van der Waals surface area contributed by atoms with Crippen molar-refractivity contribution in [2.24, 2.45) is 0 Å². The average molecular weight is 276 g/mol. The minimum absolute atomic E-state index is 0.0152. The number of piperidine rings is 1. The molecule has 2 aliphatic rings. The van der Waals surface area contributed by atoms with E-state index in [0.717, 1.165) is 19.4 Å². The smallest absolute Gasteiger partial charge is 0.255 e. The predicted molar refractivity (Wildman–Crippen MR) is 74.9 cm³/mol. The van der Waals surface area contributed by atoms with Gasteiger partial charge in [-0.25, -0.2) is 0 Å². The van der Waals surface area contributed by atoms with Crippen molar-refractivity contribution in [2.45, 2.75) is 37.8 Å². The quantitative estimate of drug-likeness (QED) is 0.715. The maximum Gasteiger partial charge on any atom is 0.255 e. The Morgan fingerprint density at radius 2 is 2.10 bits per heavy atom. The molecule has 0 radical (unpaired) electrons. The zero-order chi connectivity index (χ0) is 14.1. The van der Waals surface area contributed by atoms with Crippen LogP contribution in [0.3, 0.4) is 0 Å². The molecule has 108 valence electrons. The predicted octanol–water partition coefficient (Wildman–Crippen LogP) is 1.45. The van der Waals surface area contributed by atoms with Gasteiger partial charge in [0.1, 0.15) is 11.5 Å². The fourth-order valence-corrected chi connectivity index (χ4v) is 3.32. The lowest BCUT2D eigenvalue weighted by Gasteiger charge is -2.35. The molecule has 2 unspecified atom stereocenters. The van der Waals surface area contributed by atoms with Crippen molar-refractivity contribution in [2.75, 3.05) is 13.1 Å². The fraction of sp³-hybridized carbons (Fsp3) is 0.533. The summed E-state index contributed by atoms with van der Waals surface area (Å²) in [6.07, 6.45) is 4.38. The Hall–Kier alpha value is -1.75. The number of phenolic OH excluding ortho intramolecular Hbond substituents is 2. The van der Waals surface area contributed by atoms with E-state index < -0.39 is 0 Å². The zero-order valence-electron chi connectivity index (χ0n) is 11.4. The Bertz CT molecular complexity index is 518. The third-order valence-electron chi connectivity index (χ3n) is 4.38. The van der Waals surface area contributed by atoms with E-state index in [4.69, 9.17) is 0 Å². The van der Waals surface area contributed by atoms with Gasteiger partial charge in [-0.3, -0.25) is 4.79 Å². The molecule has 2 atom stereocenters. The van der Waals surface area contributed by atoms with Gasteiger partial charge in [0.25, 0.3) is 5.91 Å². The van der Waals surface area contributed by atoms with E-state index in [1.54, 1.807) is 0 Å². The van der Waals surface area contributed by atoms with Crippen molar-refractivity contribution >= 4 is 5.91 Å². The Labute approximate surface area is 118 Å². The third-order valence-corrected chi connectivity index (χ3v) is 4.38. The highest BCUT2D eigenvalue weighted by Crippen LogP contribution is 2.28. The minimum atomic E-state index is -0.310. The average Bonchev–Trinajstić information content (AvgIpc) is 2.89. The summed E-state index contributed by atoms with van der Waals surface area (Å²) < 4.78 is 0. The van der Waals surface area contributed by atoms with E-state index >= 15 is 0 Å². The highest BCUT2D eigenvalue weighted by atomic mass is 16.3. The van der Waals surface area contributed by atoms with Crippen LogP contribution < -0.4 is 5.32 Å². The number of carbonyl (C=O) groups excluding carboxylic acids is 1. The second kappa shape index (κ2) is 5.32. The summed E-state index contributed by atoms with van der Waals surface area (Å²) in [6, 6.07) is 4.75. The first kappa shape index (κ1) is 13.2. The van der Waals surface area contributed by atoms with Crippen LogP contribution in [0.5, 0.6) is 11.5 Å². The molecule has 2 aliphatic heterocycles. The summed E-state index contributed by atoms with van der Waals surface area (Å²) in [5, 5.41) is 22.1. The molecule has 2 fully saturated rings. The minimum Gasteiger partial charge on any atom is -0.508 e. The van der Waals surface area contributed by atoms with Gasteiger partial charge in [-0.05, 0) is 50.4 Å². The number of aromatic hydroxyl groups is 2. The molecule has 1 amide bonds. The summed E-state index contributed by atoms with van der Waals surface area (Å²) in [5.74, 6) is -0.424. The highest BCUT2D eigenvalue weighted by molar-refractivity contribution is 5.97. The van der Waals surface area contributed by atoms with Crippen molar-refractivity contribution < 1.29 is 15.0 Å².